The Morgan fingerprint density at radius 2 is 2.04 bits per heavy atom. The molecule has 1 N–H and O–H groups in total. The Labute approximate surface area is 152 Å². The first-order valence-electron chi connectivity index (χ1n) is 8.41. The molecule has 1 fully saturated rings. The molecule has 1 amide bonds. The highest BCUT2D eigenvalue weighted by atomic mass is 35.5. The number of halogens is 1. The molecule has 2 heterocycles. The van der Waals surface area contributed by atoms with Crippen LogP contribution in [-0.2, 0) is 5.41 Å². The van der Waals surface area contributed by atoms with Crippen LogP contribution in [0.15, 0.2) is 35.3 Å². The summed E-state index contributed by atoms with van der Waals surface area (Å²) in [5.41, 5.74) is 0.484. The third kappa shape index (κ3) is 3.61. The zero-order chi connectivity index (χ0) is 18.2. The molecule has 1 atom stereocenters. The van der Waals surface area contributed by atoms with E-state index in [1.54, 1.807) is 4.90 Å². The Morgan fingerprint density at radius 3 is 2.68 bits per heavy atom. The Bertz CT molecular complexity index is 854. The highest BCUT2D eigenvalue weighted by molar-refractivity contribution is 6.31. The third-order valence-electron chi connectivity index (χ3n) is 4.56. The second-order valence-corrected chi connectivity index (χ2v) is 7.89. The van der Waals surface area contributed by atoms with Gasteiger partial charge in [-0.25, -0.2) is 4.98 Å². The van der Waals surface area contributed by atoms with Gasteiger partial charge in [-0.1, -0.05) is 50.6 Å². The van der Waals surface area contributed by atoms with Gasteiger partial charge in [0, 0.05) is 35.6 Å². The molecular formula is C19H22ClN3O2. The lowest BCUT2D eigenvalue weighted by atomic mass is 9.96. The zero-order valence-electron chi connectivity index (χ0n) is 14.7. The lowest BCUT2D eigenvalue weighted by molar-refractivity contribution is 0.0788. The van der Waals surface area contributed by atoms with Crippen molar-refractivity contribution in [2.45, 2.75) is 38.5 Å². The van der Waals surface area contributed by atoms with Gasteiger partial charge in [0.25, 0.3) is 11.5 Å². The van der Waals surface area contributed by atoms with Crippen molar-refractivity contribution in [1.29, 1.82) is 0 Å². The van der Waals surface area contributed by atoms with E-state index in [4.69, 9.17) is 11.6 Å². The predicted octanol–water partition coefficient (Wildman–Crippen LogP) is 3.35. The van der Waals surface area contributed by atoms with Gasteiger partial charge in [-0.05, 0) is 18.1 Å². The largest absolute Gasteiger partial charge is 0.338 e. The summed E-state index contributed by atoms with van der Waals surface area (Å²) >= 11 is 6.27. The fourth-order valence-corrected chi connectivity index (χ4v) is 3.39. The average Bonchev–Trinajstić information content (AvgIpc) is 3.03. The first-order valence-corrected chi connectivity index (χ1v) is 8.78. The second-order valence-electron chi connectivity index (χ2n) is 7.48. The molecule has 0 radical (unpaired) electrons. The van der Waals surface area contributed by atoms with E-state index in [2.05, 4.69) is 9.97 Å². The van der Waals surface area contributed by atoms with Crippen LogP contribution in [0.4, 0.5) is 0 Å². The zero-order valence-corrected chi connectivity index (χ0v) is 15.4. The molecule has 0 saturated carbocycles. The van der Waals surface area contributed by atoms with Crippen LogP contribution >= 0.6 is 11.6 Å². The first kappa shape index (κ1) is 17.7. The molecule has 132 valence electrons. The third-order valence-corrected chi connectivity index (χ3v) is 4.90. The molecule has 1 aliphatic heterocycles. The number of amides is 1. The summed E-state index contributed by atoms with van der Waals surface area (Å²) in [5.74, 6) is 0.492. The molecule has 0 unspecified atom stereocenters. The van der Waals surface area contributed by atoms with Gasteiger partial charge in [0.15, 0.2) is 0 Å². The molecule has 6 heteroatoms. The van der Waals surface area contributed by atoms with Gasteiger partial charge < -0.3 is 9.88 Å². The average molecular weight is 360 g/mol. The van der Waals surface area contributed by atoms with Crippen molar-refractivity contribution in [1.82, 2.24) is 14.9 Å². The van der Waals surface area contributed by atoms with Crippen LogP contribution < -0.4 is 5.56 Å². The number of hydrogen-bond acceptors (Lipinski definition) is 3. The molecule has 1 aliphatic rings. The molecule has 1 aromatic heterocycles. The highest BCUT2D eigenvalue weighted by Gasteiger charge is 2.30. The van der Waals surface area contributed by atoms with E-state index < -0.39 is 0 Å². The fraction of sp³-hybridized carbons (Fsp3) is 0.421. The topological polar surface area (TPSA) is 66.1 Å². The van der Waals surface area contributed by atoms with Crippen molar-refractivity contribution >= 4 is 17.5 Å². The molecular weight excluding hydrogens is 338 g/mol. The number of carbonyl (C=O) groups excluding carboxylic acids is 1. The number of hydrogen-bond donors (Lipinski definition) is 1. The van der Waals surface area contributed by atoms with Crippen LogP contribution in [0.25, 0.3) is 0 Å². The van der Waals surface area contributed by atoms with Crippen molar-refractivity contribution in [2.75, 3.05) is 13.1 Å². The molecule has 0 aliphatic carbocycles. The maximum absolute atomic E-state index is 12.7. The number of H-pyrrole nitrogens is 1. The molecule has 0 spiro atoms. The molecule has 3 rings (SSSR count). The summed E-state index contributed by atoms with van der Waals surface area (Å²) in [7, 11) is 0. The number of nitrogens with zero attached hydrogens (tertiary/aromatic N) is 2. The van der Waals surface area contributed by atoms with E-state index in [1.165, 1.54) is 6.20 Å². The minimum atomic E-state index is -0.383. The van der Waals surface area contributed by atoms with Crippen LogP contribution in [-0.4, -0.2) is 33.9 Å². The Hall–Kier alpha value is -2.14. The quantitative estimate of drug-likeness (QED) is 0.894. The van der Waals surface area contributed by atoms with Crippen LogP contribution in [0.2, 0.25) is 5.02 Å². The Balaban J connectivity index is 1.79. The van der Waals surface area contributed by atoms with Crippen molar-refractivity contribution < 1.29 is 4.79 Å². The highest BCUT2D eigenvalue weighted by Crippen LogP contribution is 2.32. The standard InChI is InChI=1S/C19H22ClN3O2/c1-19(2,3)18-21-10-14(16(24)22-18)17(25)23-9-8-12(11-23)13-6-4-5-7-15(13)20/h4-7,10,12H,8-9,11H2,1-3H3,(H,21,22,24)/t12-/m0/s1. The number of aromatic nitrogens is 2. The summed E-state index contributed by atoms with van der Waals surface area (Å²) in [4.78, 5) is 33.8. The smallest absolute Gasteiger partial charge is 0.263 e. The first-order chi connectivity index (χ1) is 11.8. The van der Waals surface area contributed by atoms with Gasteiger partial charge >= 0.3 is 0 Å². The van der Waals surface area contributed by atoms with E-state index >= 15 is 0 Å². The van der Waals surface area contributed by atoms with Crippen LogP contribution in [0.1, 0.15) is 54.9 Å². The Kier molecular flexibility index (Phi) is 4.69. The summed E-state index contributed by atoms with van der Waals surface area (Å²) in [6.07, 6.45) is 2.23. The summed E-state index contributed by atoms with van der Waals surface area (Å²) in [6, 6.07) is 7.70. The molecule has 5 nitrogen and oxygen atoms in total. The van der Waals surface area contributed by atoms with Crippen LogP contribution in [0.5, 0.6) is 0 Å². The van der Waals surface area contributed by atoms with E-state index in [0.717, 1.165) is 17.0 Å². The second kappa shape index (κ2) is 6.64. The van der Waals surface area contributed by atoms with Crippen LogP contribution in [0.3, 0.4) is 0 Å². The van der Waals surface area contributed by atoms with Crippen LogP contribution in [0, 0.1) is 0 Å². The number of nitrogens with one attached hydrogen (secondary N) is 1. The molecule has 0 bridgehead atoms. The number of carbonyl (C=O) groups is 1. The lowest BCUT2D eigenvalue weighted by Crippen LogP contribution is -2.34. The maximum atomic E-state index is 12.7. The minimum Gasteiger partial charge on any atom is -0.338 e. The predicted molar refractivity (Wildman–Crippen MR) is 98.3 cm³/mol. The molecule has 1 aromatic carbocycles. The van der Waals surface area contributed by atoms with E-state index in [-0.39, 0.29) is 28.4 Å². The van der Waals surface area contributed by atoms with Crippen molar-refractivity contribution in [3.63, 3.8) is 0 Å². The van der Waals surface area contributed by atoms with E-state index in [0.29, 0.717) is 18.9 Å². The summed E-state index contributed by atoms with van der Waals surface area (Å²) in [5, 5.41) is 0.718. The van der Waals surface area contributed by atoms with Gasteiger partial charge in [0.2, 0.25) is 0 Å². The van der Waals surface area contributed by atoms with Crippen molar-refractivity contribution in [3.05, 3.63) is 62.8 Å². The number of rotatable bonds is 2. The minimum absolute atomic E-state index is 0.0906. The van der Waals surface area contributed by atoms with E-state index in [1.807, 2.05) is 45.0 Å². The normalized spacial score (nSPS) is 17.8. The summed E-state index contributed by atoms with van der Waals surface area (Å²) < 4.78 is 0. The number of likely N-dealkylation sites (tertiary alicyclic amines) is 1. The fourth-order valence-electron chi connectivity index (χ4n) is 3.10. The number of benzene rings is 1. The van der Waals surface area contributed by atoms with Crippen molar-refractivity contribution in [2.24, 2.45) is 0 Å². The molecule has 1 saturated heterocycles. The molecule has 2 aromatic rings. The monoisotopic (exact) mass is 359 g/mol. The van der Waals surface area contributed by atoms with Gasteiger partial charge in [-0.3, -0.25) is 9.59 Å². The Morgan fingerprint density at radius 1 is 1.32 bits per heavy atom. The van der Waals surface area contributed by atoms with E-state index in [9.17, 15) is 9.59 Å². The number of aromatic amines is 1. The summed E-state index contributed by atoms with van der Waals surface area (Å²) in [6.45, 7) is 7.04. The molecule has 25 heavy (non-hydrogen) atoms. The van der Waals surface area contributed by atoms with Gasteiger partial charge in [-0.2, -0.15) is 0 Å². The SMILES string of the molecule is CC(C)(C)c1ncc(C(=O)N2CC[C@H](c3ccccc3Cl)C2)c(=O)[nH]1. The maximum Gasteiger partial charge on any atom is 0.263 e. The van der Waals surface area contributed by atoms with Crippen molar-refractivity contribution in [3.8, 4) is 0 Å². The lowest BCUT2D eigenvalue weighted by Gasteiger charge is -2.19. The van der Waals surface area contributed by atoms with Gasteiger partial charge in [-0.15, -0.1) is 0 Å². The van der Waals surface area contributed by atoms with Gasteiger partial charge in [0.05, 0.1) is 0 Å². The van der Waals surface area contributed by atoms with Gasteiger partial charge in [0.1, 0.15) is 11.4 Å².